The van der Waals surface area contributed by atoms with Gasteiger partial charge in [0.2, 0.25) is 0 Å². The second kappa shape index (κ2) is 11.6. The molecule has 3 aliphatic rings. The van der Waals surface area contributed by atoms with Gasteiger partial charge in [-0.05, 0) is 100 Å². The first-order valence-corrected chi connectivity index (χ1v) is 15.2. The van der Waals surface area contributed by atoms with E-state index in [0.29, 0.717) is 24.2 Å². The van der Waals surface area contributed by atoms with Gasteiger partial charge in [-0.2, -0.15) is 0 Å². The van der Waals surface area contributed by atoms with E-state index >= 15 is 13.2 Å². The number of nitrogens with zero attached hydrogens (tertiary/aromatic N) is 1. The number of nitrogens with one attached hydrogen (secondary N) is 1. The van der Waals surface area contributed by atoms with Crippen molar-refractivity contribution in [2.24, 2.45) is 5.41 Å². The summed E-state index contributed by atoms with van der Waals surface area (Å²) in [4.78, 5) is 1.89. The Kier molecular flexibility index (Phi) is 8.01. The molecule has 0 bridgehead atoms. The van der Waals surface area contributed by atoms with Crippen LogP contribution in [0.2, 0.25) is 0 Å². The van der Waals surface area contributed by atoms with E-state index in [0.717, 1.165) is 55.5 Å². The van der Waals surface area contributed by atoms with Crippen molar-refractivity contribution in [2.45, 2.75) is 83.3 Å². The first-order valence-electron chi connectivity index (χ1n) is 15.2. The van der Waals surface area contributed by atoms with Gasteiger partial charge in [0.25, 0.3) is 0 Å². The summed E-state index contributed by atoms with van der Waals surface area (Å²) in [6.45, 7) is 7.48. The molecular formula is C35H41F3N2O2. The number of alkyl halides is 1. The average molecular weight is 579 g/mol. The Morgan fingerprint density at radius 2 is 1.64 bits per heavy atom. The van der Waals surface area contributed by atoms with Crippen molar-refractivity contribution < 1.29 is 22.6 Å². The first-order chi connectivity index (χ1) is 20.1. The largest absolute Gasteiger partial charge is 0.490 e. The zero-order valence-corrected chi connectivity index (χ0v) is 24.8. The molecule has 0 radical (unpaired) electrons. The maximum atomic E-state index is 16.0. The second-order valence-corrected chi connectivity index (χ2v) is 13.2. The molecule has 0 aromatic heterocycles. The van der Waals surface area contributed by atoms with Crippen LogP contribution in [0.5, 0.6) is 11.5 Å². The van der Waals surface area contributed by atoms with Gasteiger partial charge in [-0.25, -0.2) is 13.2 Å². The van der Waals surface area contributed by atoms with E-state index in [4.69, 9.17) is 9.47 Å². The zero-order chi connectivity index (χ0) is 29.5. The van der Waals surface area contributed by atoms with Crippen molar-refractivity contribution >= 4 is 0 Å². The minimum absolute atomic E-state index is 0.0266. The molecule has 42 heavy (non-hydrogen) atoms. The van der Waals surface area contributed by atoms with E-state index in [1.165, 1.54) is 26.0 Å². The van der Waals surface area contributed by atoms with Gasteiger partial charge in [0.1, 0.15) is 35.4 Å². The molecule has 1 spiro atoms. The highest BCUT2D eigenvalue weighted by molar-refractivity contribution is 5.46. The topological polar surface area (TPSA) is 33.7 Å². The number of hydrogen-bond acceptors (Lipinski definition) is 4. The number of rotatable bonds is 8. The summed E-state index contributed by atoms with van der Waals surface area (Å²) in [5.74, 6) is -0.428. The summed E-state index contributed by atoms with van der Waals surface area (Å²) < 4.78 is 59.1. The standard InChI is InChI=1S/C35H41F3N2O2/c1-23-15-25-16-26(41-21-24-7-5-4-6-8-24)9-10-29(25)33(40(23)22-34(2,3)38)32-30(36)17-27(18-31(32)37)42-28-19-35(20-28)11-13-39-14-12-35/h4-10,16-18,23,28,33,39H,11-15,19-22H2,1-3H3/t23-,33?/m1/s1. The molecule has 1 unspecified atom stereocenters. The molecule has 0 amide bonds. The van der Waals surface area contributed by atoms with Crippen LogP contribution >= 0.6 is 0 Å². The zero-order valence-electron chi connectivity index (χ0n) is 24.8. The summed E-state index contributed by atoms with van der Waals surface area (Å²) in [7, 11) is 0. The van der Waals surface area contributed by atoms with Gasteiger partial charge in [-0.1, -0.05) is 36.4 Å². The molecule has 3 aromatic carbocycles. The van der Waals surface area contributed by atoms with Crippen LogP contribution in [0.25, 0.3) is 0 Å². The summed E-state index contributed by atoms with van der Waals surface area (Å²) in [6.07, 6.45) is 4.67. The Morgan fingerprint density at radius 1 is 0.952 bits per heavy atom. The minimum atomic E-state index is -1.55. The molecule has 3 aromatic rings. The Morgan fingerprint density at radius 3 is 2.31 bits per heavy atom. The van der Waals surface area contributed by atoms with E-state index in [2.05, 4.69) is 5.32 Å². The van der Waals surface area contributed by atoms with Crippen LogP contribution in [0.1, 0.15) is 74.8 Å². The van der Waals surface area contributed by atoms with Gasteiger partial charge in [0.15, 0.2) is 0 Å². The van der Waals surface area contributed by atoms with Crippen molar-refractivity contribution in [1.82, 2.24) is 10.2 Å². The third-order valence-electron chi connectivity index (χ3n) is 9.24. The van der Waals surface area contributed by atoms with Crippen LogP contribution < -0.4 is 14.8 Å². The molecule has 224 valence electrons. The number of fused-ring (bicyclic) bond motifs is 1. The van der Waals surface area contributed by atoms with Crippen molar-refractivity contribution in [1.29, 1.82) is 0 Å². The third kappa shape index (κ3) is 6.18. The molecule has 2 aliphatic heterocycles. The Hall–Kier alpha value is -3.03. The third-order valence-corrected chi connectivity index (χ3v) is 9.24. The molecule has 2 heterocycles. The number of benzene rings is 3. The normalized spacial score (nSPS) is 22.4. The van der Waals surface area contributed by atoms with Crippen molar-refractivity contribution in [3.05, 3.63) is 94.6 Å². The summed E-state index contributed by atoms with van der Waals surface area (Å²) in [5, 5.41) is 3.39. The highest BCUT2D eigenvalue weighted by atomic mass is 19.1. The highest BCUT2D eigenvalue weighted by Gasteiger charge is 2.46. The maximum absolute atomic E-state index is 16.0. The molecule has 2 atom stereocenters. The average Bonchev–Trinajstić information content (AvgIpc) is 2.92. The van der Waals surface area contributed by atoms with Crippen LogP contribution in [0.4, 0.5) is 13.2 Å². The molecular weight excluding hydrogens is 537 g/mol. The molecule has 4 nitrogen and oxygen atoms in total. The van der Waals surface area contributed by atoms with Crippen LogP contribution in [0.15, 0.2) is 60.7 Å². The minimum Gasteiger partial charge on any atom is -0.490 e. The van der Waals surface area contributed by atoms with E-state index in [-0.39, 0.29) is 30.0 Å². The van der Waals surface area contributed by atoms with E-state index in [1.54, 1.807) is 0 Å². The van der Waals surface area contributed by atoms with Crippen LogP contribution in [0, 0.1) is 17.0 Å². The van der Waals surface area contributed by atoms with Crippen molar-refractivity contribution in [3.63, 3.8) is 0 Å². The van der Waals surface area contributed by atoms with Gasteiger partial charge in [0, 0.05) is 30.3 Å². The Labute approximate surface area is 247 Å². The molecule has 1 saturated heterocycles. The summed E-state index contributed by atoms with van der Waals surface area (Å²) in [5.41, 5.74) is 1.46. The number of piperidine rings is 1. The lowest BCUT2D eigenvalue weighted by atomic mass is 9.62. The molecule has 7 heteroatoms. The van der Waals surface area contributed by atoms with Crippen LogP contribution in [-0.4, -0.2) is 42.3 Å². The fraction of sp³-hybridized carbons (Fsp3) is 0.486. The van der Waals surface area contributed by atoms with Crippen LogP contribution in [0.3, 0.4) is 0 Å². The molecule has 1 aliphatic carbocycles. The lowest BCUT2D eigenvalue weighted by Gasteiger charge is -2.49. The monoisotopic (exact) mass is 578 g/mol. The highest BCUT2D eigenvalue weighted by Crippen LogP contribution is 2.50. The molecule has 6 rings (SSSR count). The van der Waals surface area contributed by atoms with Gasteiger partial charge in [-0.3, -0.25) is 4.90 Å². The Bertz CT molecular complexity index is 1370. The van der Waals surface area contributed by atoms with Gasteiger partial charge in [0.05, 0.1) is 12.1 Å². The fourth-order valence-corrected chi connectivity index (χ4v) is 7.17. The lowest BCUT2D eigenvalue weighted by molar-refractivity contribution is -0.0350. The predicted octanol–water partition coefficient (Wildman–Crippen LogP) is 7.54. The molecule has 1 saturated carbocycles. The predicted molar refractivity (Wildman–Crippen MR) is 159 cm³/mol. The second-order valence-electron chi connectivity index (χ2n) is 13.2. The summed E-state index contributed by atoms with van der Waals surface area (Å²) >= 11 is 0. The number of hydrogen-bond donors (Lipinski definition) is 1. The molecule has 2 fully saturated rings. The first kappa shape index (κ1) is 29.1. The van der Waals surface area contributed by atoms with Gasteiger partial charge < -0.3 is 14.8 Å². The van der Waals surface area contributed by atoms with E-state index in [9.17, 15) is 0 Å². The van der Waals surface area contributed by atoms with Gasteiger partial charge >= 0.3 is 0 Å². The van der Waals surface area contributed by atoms with Crippen LogP contribution in [-0.2, 0) is 13.0 Å². The van der Waals surface area contributed by atoms with Crippen molar-refractivity contribution in [2.75, 3.05) is 19.6 Å². The van der Waals surface area contributed by atoms with Crippen molar-refractivity contribution in [3.8, 4) is 11.5 Å². The van der Waals surface area contributed by atoms with E-state index in [1.807, 2.05) is 60.4 Å². The lowest BCUT2D eigenvalue weighted by Crippen LogP contribution is -2.49. The SMILES string of the molecule is C[C@@H]1Cc2cc(OCc3ccccc3)ccc2C(c2c(F)cc(OC3CC4(CCNCC4)C3)cc2F)N1CC(C)(C)F. The smallest absolute Gasteiger partial charge is 0.134 e. The summed E-state index contributed by atoms with van der Waals surface area (Å²) in [6, 6.07) is 17.3. The maximum Gasteiger partial charge on any atom is 0.134 e. The van der Waals surface area contributed by atoms with E-state index < -0.39 is 23.3 Å². The Balaban J connectivity index is 1.27. The fourth-order valence-electron chi connectivity index (χ4n) is 7.17. The number of ether oxygens (including phenoxy) is 2. The number of halogens is 3. The quantitative estimate of drug-likeness (QED) is 0.300. The molecule has 1 N–H and O–H groups in total. The van der Waals surface area contributed by atoms with Gasteiger partial charge in [-0.15, -0.1) is 0 Å².